The van der Waals surface area contributed by atoms with E-state index in [-0.39, 0.29) is 34.9 Å². The molecule has 2 aromatic carbocycles. The first-order valence-corrected chi connectivity index (χ1v) is 18.0. The van der Waals surface area contributed by atoms with Gasteiger partial charge in [-0.15, -0.1) is 0 Å². The summed E-state index contributed by atoms with van der Waals surface area (Å²) in [5.41, 5.74) is 1.35. The monoisotopic (exact) mass is 600 g/mol. The summed E-state index contributed by atoms with van der Waals surface area (Å²) in [4.78, 5) is 0. The van der Waals surface area contributed by atoms with E-state index in [1.807, 2.05) is 30.3 Å². The van der Waals surface area contributed by atoms with Crippen LogP contribution < -0.4 is 4.74 Å². The molecule has 0 unspecified atom stereocenters. The van der Waals surface area contributed by atoms with Crippen molar-refractivity contribution in [2.45, 2.75) is 96.0 Å². The lowest BCUT2D eigenvalue weighted by Gasteiger charge is -2.65. The summed E-state index contributed by atoms with van der Waals surface area (Å²) in [6.07, 6.45) is 0.876. The van der Waals surface area contributed by atoms with Crippen molar-refractivity contribution in [1.82, 2.24) is 0 Å². The molecule has 0 N–H and O–H groups in total. The van der Waals surface area contributed by atoms with E-state index in [0.29, 0.717) is 32.8 Å². The Labute approximate surface area is 254 Å². The predicted octanol–water partition coefficient (Wildman–Crippen LogP) is 6.99. The Morgan fingerprint density at radius 2 is 1.57 bits per heavy atom. The van der Waals surface area contributed by atoms with Crippen LogP contribution in [0.1, 0.15) is 51.7 Å². The third-order valence-corrected chi connectivity index (χ3v) is 14.5. The Balaban J connectivity index is 1.69. The van der Waals surface area contributed by atoms with E-state index in [1.54, 1.807) is 21.3 Å². The van der Waals surface area contributed by atoms with Crippen LogP contribution >= 0.6 is 0 Å². The van der Waals surface area contributed by atoms with Crippen molar-refractivity contribution in [2.75, 3.05) is 34.5 Å². The first-order valence-electron chi connectivity index (χ1n) is 15.1. The topological polar surface area (TPSA) is 64.6 Å². The molecule has 1 saturated carbocycles. The lowest BCUT2D eigenvalue weighted by Crippen LogP contribution is -2.75. The molecular weight excluding hydrogens is 548 g/mol. The quantitative estimate of drug-likeness (QED) is 0.171. The third-order valence-electron chi connectivity index (χ3n) is 10.0. The number of hydrogen-bond acceptors (Lipinski definition) is 7. The van der Waals surface area contributed by atoms with Crippen LogP contribution in [0.15, 0.2) is 54.6 Å². The van der Waals surface area contributed by atoms with Crippen molar-refractivity contribution in [1.29, 1.82) is 0 Å². The van der Waals surface area contributed by atoms with Gasteiger partial charge >= 0.3 is 0 Å². The lowest BCUT2D eigenvalue weighted by molar-refractivity contribution is -0.347. The number of benzene rings is 2. The molecule has 2 fully saturated rings. The van der Waals surface area contributed by atoms with Crippen LogP contribution in [0.4, 0.5) is 0 Å². The average Bonchev–Trinajstić information content (AvgIpc) is 2.96. The highest BCUT2D eigenvalue weighted by Crippen LogP contribution is 2.58. The molecule has 0 amide bonds. The van der Waals surface area contributed by atoms with Crippen molar-refractivity contribution in [3.8, 4) is 5.75 Å². The fourth-order valence-electron chi connectivity index (χ4n) is 6.19. The van der Waals surface area contributed by atoms with E-state index in [9.17, 15) is 0 Å². The van der Waals surface area contributed by atoms with Crippen molar-refractivity contribution in [3.05, 3.63) is 65.7 Å². The number of methoxy groups -OCH3 is 3. The number of rotatable bonds is 14. The van der Waals surface area contributed by atoms with Gasteiger partial charge in [-0.25, -0.2) is 0 Å². The van der Waals surface area contributed by atoms with Gasteiger partial charge in [0.1, 0.15) is 11.4 Å². The van der Waals surface area contributed by atoms with E-state index in [4.69, 9.17) is 32.8 Å². The van der Waals surface area contributed by atoms with Gasteiger partial charge in [-0.3, -0.25) is 0 Å². The molecule has 2 aliphatic rings. The minimum atomic E-state index is -2.13. The maximum absolute atomic E-state index is 7.25. The van der Waals surface area contributed by atoms with Crippen LogP contribution in [-0.4, -0.2) is 67.0 Å². The van der Waals surface area contributed by atoms with Crippen LogP contribution in [0.2, 0.25) is 18.1 Å². The van der Waals surface area contributed by atoms with E-state index in [0.717, 1.165) is 23.3 Å². The highest BCUT2D eigenvalue weighted by atomic mass is 28.4. The van der Waals surface area contributed by atoms with Gasteiger partial charge in [-0.2, -0.15) is 0 Å². The minimum Gasteiger partial charge on any atom is -0.497 e. The van der Waals surface area contributed by atoms with Crippen molar-refractivity contribution in [3.63, 3.8) is 0 Å². The Kier molecular flexibility index (Phi) is 10.6. The SMILES string of the molecule is COc1ccc(COC[C@H]2[C@](C)(CC(OC)OC)[C@@H](O[Si](C)(C)C(C)(C)C)C[C@H]3OC[C@]32OCc2ccccc2)cc1. The molecule has 1 heterocycles. The molecule has 1 saturated heterocycles. The summed E-state index contributed by atoms with van der Waals surface area (Å²) in [7, 11) is 2.96. The minimum absolute atomic E-state index is 0.0259. The molecule has 8 heteroatoms. The maximum atomic E-state index is 7.25. The smallest absolute Gasteiger partial charge is 0.192 e. The third kappa shape index (κ3) is 6.96. The molecule has 5 atom stereocenters. The zero-order valence-corrected chi connectivity index (χ0v) is 28.1. The van der Waals surface area contributed by atoms with Gasteiger partial charge < -0.3 is 32.8 Å². The number of hydrogen-bond donors (Lipinski definition) is 0. The highest BCUT2D eigenvalue weighted by Gasteiger charge is 2.67. The number of ether oxygens (including phenoxy) is 6. The molecule has 4 rings (SSSR count). The molecule has 1 aliphatic carbocycles. The predicted molar refractivity (Wildman–Crippen MR) is 167 cm³/mol. The van der Waals surface area contributed by atoms with Gasteiger partial charge in [0.15, 0.2) is 14.6 Å². The fraction of sp³-hybridized carbons (Fsp3) is 0.647. The maximum Gasteiger partial charge on any atom is 0.192 e. The second kappa shape index (κ2) is 13.5. The van der Waals surface area contributed by atoms with Crippen LogP contribution in [0, 0.1) is 11.3 Å². The molecule has 2 aromatic rings. The van der Waals surface area contributed by atoms with Gasteiger partial charge in [0.25, 0.3) is 0 Å². The molecular formula is C34H52O7Si. The zero-order valence-electron chi connectivity index (χ0n) is 27.1. The summed E-state index contributed by atoms with van der Waals surface area (Å²) in [5.74, 6) is 0.805. The van der Waals surface area contributed by atoms with Crippen molar-refractivity contribution in [2.24, 2.45) is 11.3 Å². The second-order valence-electron chi connectivity index (χ2n) is 13.7. The van der Waals surface area contributed by atoms with Crippen LogP contribution in [0.5, 0.6) is 5.75 Å². The normalized spacial score (nSPS) is 27.9. The van der Waals surface area contributed by atoms with Crippen LogP contribution in [0.3, 0.4) is 0 Å². The average molecular weight is 601 g/mol. The van der Waals surface area contributed by atoms with Crippen LogP contribution in [0.25, 0.3) is 0 Å². The molecule has 1 aliphatic heterocycles. The fourth-order valence-corrected chi connectivity index (χ4v) is 7.62. The molecule has 0 aromatic heterocycles. The van der Waals surface area contributed by atoms with E-state index < -0.39 is 13.9 Å². The Hall–Kier alpha value is -1.78. The highest BCUT2D eigenvalue weighted by molar-refractivity contribution is 6.74. The second-order valence-corrected chi connectivity index (χ2v) is 18.4. The van der Waals surface area contributed by atoms with Gasteiger partial charge in [0.2, 0.25) is 0 Å². The summed E-state index contributed by atoms with van der Waals surface area (Å²) >= 11 is 0. The van der Waals surface area contributed by atoms with E-state index >= 15 is 0 Å². The van der Waals surface area contributed by atoms with Crippen molar-refractivity contribution >= 4 is 8.32 Å². The molecule has 7 nitrogen and oxygen atoms in total. The van der Waals surface area contributed by atoms with Crippen molar-refractivity contribution < 1.29 is 32.8 Å². The molecule has 0 bridgehead atoms. The zero-order chi connectivity index (χ0) is 30.6. The van der Waals surface area contributed by atoms with Gasteiger partial charge in [-0.05, 0) is 41.4 Å². The molecule has 0 radical (unpaired) electrons. The van der Waals surface area contributed by atoms with Gasteiger partial charge in [0.05, 0.1) is 45.7 Å². The van der Waals surface area contributed by atoms with Gasteiger partial charge in [-0.1, -0.05) is 70.2 Å². The molecule has 234 valence electrons. The Morgan fingerprint density at radius 3 is 2.12 bits per heavy atom. The standard InChI is InChI=1S/C34H52O7Si/c1-32(2,3)42(8,9)41-29-19-30-34(24-39-30,40-22-25-13-11-10-12-14-25)28(33(29,4)20-31(36-6)37-7)23-38-21-26-15-17-27(35-5)18-16-26/h10-18,28-31H,19-24H2,1-9H3/t28-,29-,30+,33-,34+/m0/s1. The molecule has 0 spiro atoms. The summed E-state index contributed by atoms with van der Waals surface area (Å²) in [5, 5.41) is 0.0645. The summed E-state index contributed by atoms with van der Waals surface area (Å²) in [6, 6.07) is 18.4. The van der Waals surface area contributed by atoms with Crippen LogP contribution in [-0.2, 0) is 41.3 Å². The first-order chi connectivity index (χ1) is 19.9. The number of fused-ring (bicyclic) bond motifs is 1. The largest absolute Gasteiger partial charge is 0.497 e. The molecule has 42 heavy (non-hydrogen) atoms. The van der Waals surface area contributed by atoms with Gasteiger partial charge in [0, 0.05) is 38.4 Å². The first kappa shape index (κ1) is 33.1. The summed E-state index contributed by atoms with van der Waals surface area (Å²) < 4.78 is 44.0. The summed E-state index contributed by atoms with van der Waals surface area (Å²) in [6.45, 7) is 15.8. The Bertz CT molecular complexity index is 1110. The van der Waals surface area contributed by atoms with E-state index in [1.165, 1.54) is 0 Å². The Morgan fingerprint density at radius 1 is 0.929 bits per heavy atom. The lowest BCUT2D eigenvalue weighted by atomic mass is 9.55. The van der Waals surface area contributed by atoms with E-state index in [2.05, 4.69) is 65.1 Å².